The Morgan fingerprint density at radius 1 is 1.14 bits per heavy atom. The molecular formula is C11H21Cl2N. The van der Waals surface area contributed by atoms with Crippen LogP contribution in [0.15, 0.2) is 12.7 Å². The quantitative estimate of drug-likeness (QED) is 0.580. The van der Waals surface area contributed by atoms with Gasteiger partial charge in [0.15, 0.2) is 0 Å². The van der Waals surface area contributed by atoms with E-state index in [2.05, 4.69) is 11.9 Å². The fourth-order valence-electron chi connectivity index (χ4n) is 1.38. The van der Waals surface area contributed by atoms with Crippen LogP contribution in [0.25, 0.3) is 0 Å². The second kappa shape index (κ2) is 4.42. The molecule has 0 radical (unpaired) electrons. The molecule has 0 fully saturated rings. The summed E-state index contributed by atoms with van der Waals surface area (Å²) in [6.07, 6.45) is 1.80. The number of hydrogen-bond acceptors (Lipinski definition) is 1. The van der Waals surface area contributed by atoms with E-state index < -0.39 is 4.33 Å². The predicted molar refractivity (Wildman–Crippen MR) is 66.2 cm³/mol. The molecule has 0 atom stereocenters. The number of hydrogen-bond donors (Lipinski definition) is 1. The van der Waals surface area contributed by atoms with E-state index in [0.717, 1.165) is 0 Å². The van der Waals surface area contributed by atoms with Gasteiger partial charge in [0.2, 0.25) is 0 Å². The fraction of sp³-hybridized carbons (Fsp3) is 0.818. The Morgan fingerprint density at radius 2 is 1.57 bits per heavy atom. The van der Waals surface area contributed by atoms with Crippen LogP contribution < -0.4 is 5.32 Å². The molecule has 0 aliphatic heterocycles. The van der Waals surface area contributed by atoms with Gasteiger partial charge in [0.05, 0.1) is 0 Å². The van der Waals surface area contributed by atoms with Crippen LogP contribution in [0.2, 0.25) is 0 Å². The zero-order valence-electron chi connectivity index (χ0n) is 9.75. The van der Waals surface area contributed by atoms with Gasteiger partial charge in [-0.15, -0.1) is 6.58 Å². The Balaban J connectivity index is 4.77. The van der Waals surface area contributed by atoms with Crippen LogP contribution in [0.5, 0.6) is 0 Å². The summed E-state index contributed by atoms with van der Waals surface area (Å²) in [5, 5.41) is 3.27. The van der Waals surface area contributed by atoms with E-state index in [0.29, 0.717) is 6.54 Å². The van der Waals surface area contributed by atoms with Gasteiger partial charge in [0.25, 0.3) is 0 Å². The highest BCUT2D eigenvalue weighted by Crippen LogP contribution is 2.47. The Kier molecular flexibility index (Phi) is 4.51. The summed E-state index contributed by atoms with van der Waals surface area (Å²) >= 11 is 12.8. The standard InChI is InChI=1S/C11H21Cl2N/c1-7-8-14-10(5,6)11(12,13)9(2,3)4/h7,14H,1,8H2,2-6H3. The number of rotatable bonds is 4. The lowest BCUT2D eigenvalue weighted by Gasteiger charge is -2.46. The Hall–Kier alpha value is 0.280. The number of halogens is 2. The fourth-order valence-corrected chi connectivity index (χ4v) is 1.51. The van der Waals surface area contributed by atoms with Crippen LogP contribution in [0.4, 0.5) is 0 Å². The zero-order chi connectivity index (χ0) is 11.6. The van der Waals surface area contributed by atoms with E-state index in [1.807, 2.05) is 34.6 Å². The van der Waals surface area contributed by atoms with Crippen LogP contribution in [0, 0.1) is 5.41 Å². The van der Waals surface area contributed by atoms with Gasteiger partial charge in [-0.1, -0.05) is 50.0 Å². The maximum absolute atomic E-state index is 6.41. The summed E-state index contributed by atoms with van der Waals surface area (Å²) in [6, 6.07) is 0. The second-order valence-electron chi connectivity index (χ2n) is 5.12. The van der Waals surface area contributed by atoms with Gasteiger partial charge in [-0.2, -0.15) is 0 Å². The highest BCUT2D eigenvalue weighted by molar-refractivity contribution is 6.49. The topological polar surface area (TPSA) is 12.0 Å². The first-order valence-corrected chi connectivity index (χ1v) is 5.55. The van der Waals surface area contributed by atoms with Crippen LogP contribution in [0.1, 0.15) is 34.6 Å². The third kappa shape index (κ3) is 2.88. The van der Waals surface area contributed by atoms with Crippen molar-refractivity contribution in [1.82, 2.24) is 5.32 Å². The van der Waals surface area contributed by atoms with E-state index in [9.17, 15) is 0 Å². The molecule has 1 nitrogen and oxygen atoms in total. The van der Waals surface area contributed by atoms with Crippen molar-refractivity contribution < 1.29 is 0 Å². The van der Waals surface area contributed by atoms with Crippen molar-refractivity contribution in [3.8, 4) is 0 Å². The highest BCUT2D eigenvalue weighted by atomic mass is 35.5. The predicted octanol–water partition coefficient (Wildman–Crippen LogP) is 3.76. The molecule has 0 aliphatic carbocycles. The van der Waals surface area contributed by atoms with Crippen LogP contribution in [-0.4, -0.2) is 16.4 Å². The molecule has 14 heavy (non-hydrogen) atoms. The average Bonchev–Trinajstić information content (AvgIpc) is 1.98. The van der Waals surface area contributed by atoms with Gasteiger partial charge in [0, 0.05) is 12.1 Å². The van der Waals surface area contributed by atoms with Gasteiger partial charge in [0.1, 0.15) is 4.33 Å². The molecule has 0 aliphatic rings. The highest BCUT2D eigenvalue weighted by Gasteiger charge is 2.50. The van der Waals surface area contributed by atoms with E-state index in [4.69, 9.17) is 23.2 Å². The Labute approximate surface area is 97.9 Å². The van der Waals surface area contributed by atoms with Crippen LogP contribution >= 0.6 is 23.2 Å². The third-order valence-electron chi connectivity index (χ3n) is 2.42. The molecule has 0 spiro atoms. The van der Waals surface area contributed by atoms with Gasteiger partial charge in [-0.05, 0) is 19.3 Å². The van der Waals surface area contributed by atoms with Crippen LogP contribution in [-0.2, 0) is 0 Å². The molecular weight excluding hydrogens is 217 g/mol. The molecule has 0 bridgehead atoms. The lowest BCUT2D eigenvalue weighted by Crippen LogP contribution is -2.58. The molecule has 3 heteroatoms. The van der Waals surface area contributed by atoms with E-state index in [1.54, 1.807) is 6.08 Å². The third-order valence-corrected chi connectivity index (χ3v) is 4.49. The lowest BCUT2D eigenvalue weighted by molar-refractivity contribution is 0.224. The minimum Gasteiger partial charge on any atom is -0.305 e. The van der Waals surface area contributed by atoms with Crippen molar-refractivity contribution in [2.45, 2.75) is 44.5 Å². The first-order chi connectivity index (χ1) is 6.06. The molecule has 0 aromatic carbocycles. The summed E-state index contributed by atoms with van der Waals surface area (Å²) < 4.78 is -0.830. The Morgan fingerprint density at radius 3 is 1.86 bits per heavy atom. The molecule has 0 aromatic rings. The monoisotopic (exact) mass is 237 g/mol. The summed E-state index contributed by atoms with van der Waals surface area (Å²) in [6.45, 7) is 14.5. The Bertz CT molecular complexity index is 202. The van der Waals surface area contributed by atoms with E-state index in [-0.39, 0.29) is 11.0 Å². The maximum Gasteiger partial charge on any atom is 0.140 e. The molecule has 1 N–H and O–H groups in total. The SMILES string of the molecule is C=CCNC(C)(C)C(Cl)(Cl)C(C)(C)C. The minimum absolute atomic E-state index is 0.187. The summed E-state index contributed by atoms with van der Waals surface area (Å²) in [7, 11) is 0. The lowest BCUT2D eigenvalue weighted by atomic mass is 9.80. The van der Waals surface area contributed by atoms with Crippen molar-refractivity contribution in [2.75, 3.05) is 6.54 Å². The molecule has 0 saturated carbocycles. The molecule has 84 valence electrons. The first kappa shape index (κ1) is 14.3. The van der Waals surface area contributed by atoms with Crippen LogP contribution in [0.3, 0.4) is 0 Å². The van der Waals surface area contributed by atoms with Gasteiger partial charge in [-0.25, -0.2) is 0 Å². The first-order valence-electron chi connectivity index (χ1n) is 4.80. The molecule has 0 saturated heterocycles. The van der Waals surface area contributed by atoms with Gasteiger partial charge >= 0.3 is 0 Å². The maximum atomic E-state index is 6.41. The zero-order valence-corrected chi connectivity index (χ0v) is 11.3. The molecule has 0 heterocycles. The van der Waals surface area contributed by atoms with Gasteiger partial charge < -0.3 is 5.32 Å². The number of alkyl halides is 2. The summed E-state index contributed by atoms with van der Waals surface area (Å²) in [5.41, 5.74) is -0.545. The summed E-state index contributed by atoms with van der Waals surface area (Å²) in [5.74, 6) is 0. The molecule has 0 unspecified atom stereocenters. The molecule has 0 rings (SSSR count). The second-order valence-corrected chi connectivity index (χ2v) is 6.45. The van der Waals surface area contributed by atoms with E-state index in [1.165, 1.54) is 0 Å². The van der Waals surface area contributed by atoms with Crippen molar-refractivity contribution in [2.24, 2.45) is 5.41 Å². The minimum atomic E-state index is -0.830. The van der Waals surface area contributed by atoms with Crippen molar-refractivity contribution >= 4 is 23.2 Å². The smallest absolute Gasteiger partial charge is 0.140 e. The largest absolute Gasteiger partial charge is 0.305 e. The summed E-state index contributed by atoms with van der Waals surface area (Å²) in [4.78, 5) is 0. The van der Waals surface area contributed by atoms with Crippen molar-refractivity contribution in [3.63, 3.8) is 0 Å². The van der Waals surface area contributed by atoms with E-state index >= 15 is 0 Å². The normalized spacial score (nSPS) is 14.2. The number of nitrogens with one attached hydrogen (secondary N) is 1. The molecule has 0 amide bonds. The molecule has 0 aromatic heterocycles. The van der Waals surface area contributed by atoms with Crippen molar-refractivity contribution in [3.05, 3.63) is 12.7 Å². The van der Waals surface area contributed by atoms with Gasteiger partial charge in [-0.3, -0.25) is 0 Å². The average molecular weight is 238 g/mol. The van der Waals surface area contributed by atoms with Crippen molar-refractivity contribution in [1.29, 1.82) is 0 Å².